The summed E-state index contributed by atoms with van der Waals surface area (Å²) >= 11 is 0. The molecule has 0 heterocycles. The summed E-state index contributed by atoms with van der Waals surface area (Å²) in [6.45, 7) is 0. The van der Waals surface area contributed by atoms with Gasteiger partial charge in [0.1, 0.15) is 0 Å². The number of benzene rings is 1. The van der Waals surface area contributed by atoms with Gasteiger partial charge < -0.3 is 9.84 Å². The number of aliphatic hydroxyl groups is 1. The molecule has 0 saturated heterocycles. The quantitative estimate of drug-likeness (QED) is 0.822. The first kappa shape index (κ1) is 12.0. The maximum Gasteiger partial charge on any atom is 0.340 e. The van der Waals surface area contributed by atoms with E-state index >= 15 is 0 Å². The van der Waals surface area contributed by atoms with Crippen molar-refractivity contribution in [3.63, 3.8) is 0 Å². The molecule has 17 heavy (non-hydrogen) atoms. The topological polar surface area (TPSA) is 46.5 Å². The van der Waals surface area contributed by atoms with Gasteiger partial charge in [0.05, 0.1) is 18.3 Å². The van der Waals surface area contributed by atoms with Crippen LogP contribution in [0, 0.1) is 11.6 Å². The predicted octanol–water partition coefficient (Wildman–Crippen LogP) is 1.82. The molecule has 0 radical (unpaired) electrons. The molecule has 1 fully saturated rings. The van der Waals surface area contributed by atoms with Crippen LogP contribution in [0.4, 0.5) is 8.78 Å². The molecule has 0 atom stereocenters. The molecular formula is C12H12F2O3. The van der Waals surface area contributed by atoms with Gasteiger partial charge in [0, 0.05) is 6.42 Å². The minimum Gasteiger partial charge on any atom is -0.465 e. The second kappa shape index (κ2) is 4.07. The van der Waals surface area contributed by atoms with E-state index < -0.39 is 28.8 Å². The highest BCUT2D eigenvalue weighted by atomic mass is 19.2. The maximum atomic E-state index is 13.3. The number of esters is 1. The molecular weight excluding hydrogens is 230 g/mol. The van der Waals surface area contributed by atoms with Crippen LogP contribution in [0.2, 0.25) is 0 Å². The summed E-state index contributed by atoms with van der Waals surface area (Å²) < 4.78 is 31.0. The fraction of sp³-hybridized carbons (Fsp3) is 0.417. The summed E-state index contributed by atoms with van der Waals surface area (Å²) in [5.74, 6) is -3.25. The van der Waals surface area contributed by atoms with Crippen molar-refractivity contribution in [3.05, 3.63) is 34.9 Å². The monoisotopic (exact) mass is 242 g/mol. The first-order valence-corrected chi connectivity index (χ1v) is 5.24. The van der Waals surface area contributed by atoms with Gasteiger partial charge in [-0.25, -0.2) is 13.6 Å². The number of carbonyl (C=O) groups excluding carboxylic acids is 1. The van der Waals surface area contributed by atoms with Gasteiger partial charge >= 0.3 is 5.97 Å². The number of hydrogen-bond donors (Lipinski definition) is 1. The average molecular weight is 242 g/mol. The third-order valence-electron chi connectivity index (χ3n) is 2.85. The molecule has 1 aromatic rings. The fourth-order valence-corrected chi connectivity index (χ4v) is 1.71. The first-order chi connectivity index (χ1) is 7.95. The molecule has 0 unspecified atom stereocenters. The van der Waals surface area contributed by atoms with E-state index in [1.165, 1.54) is 6.07 Å². The number of halogens is 2. The van der Waals surface area contributed by atoms with Crippen molar-refractivity contribution >= 4 is 5.97 Å². The van der Waals surface area contributed by atoms with Crippen molar-refractivity contribution in [1.82, 2.24) is 0 Å². The van der Waals surface area contributed by atoms with E-state index in [2.05, 4.69) is 4.74 Å². The third-order valence-corrected chi connectivity index (χ3v) is 2.85. The van der Waals surface area contributed by atoms with Gasteiger partial charge in [-0.15, -0.1) is 0 Å². The Morgan fingerprint density at radius 2 is 2.12 bits per heavy atom. The zero-order valence-corrected chi connectivity index (χ0v) is 9.30. The van der Waals surface area contributed by atoms with Gasteiger partial charge in [-0.05, 0) is 30.5 Å². The summed E-state index contributed by atoms with van der Waals surface area (Å²) in [4.78, 5) is 11.2. The Labute approximate surface area is 97.0 Å². The van der Waals surface area contributed by atoms with Crippen molar-refractivity contribution in [2.24, 2.45) is 0 Å². The van der Waals surface area contributed by atoms with Crippen LogP contribution in [0.5, 0.6) is 0 Å². The van der Waals surface area contributed by atoms with Crippen LogP contribution in [-0.4, -0.2) is 23.8 Å². The first-order valence-electron chi connectivity index (χ1n) is 5.24. The van der Waals surface area contributed by atoms with Gasteiger partial charge in [-0.2, -0.15) is 0 Å². The van der Waals surface area contributed by atoms with E-state index in [-0.39, 0.29) is 6.42 Å². The van der Waals surface area contributed by atoms with Crippen LogP contribution in [-0.2, 0) is 11.2 Å². The molecule has 3 nitrogen and oxygen atoms in total. The van der Waals surface area contributed by atoms with Crippen molar-refractivity contribution < 1.29 is 23.4 Å². The third kappa shape index (κ3) is 2.44. The van der Waals surface area contributed by atoms with E-state index in [1.54, 1.807) is 0 Å². The minimum absolute atomic E-state index is 0.216. The number of methoxy groups -OCH3 is 1. The molecule has 1 N–H and O–H groups in total. The lowest BCUT2D eigenvalue weighted by Gasteiger charge is -2.10. The summed E-state index contributed by atoms with van der Waals surface area (Å²) in [6, 6.07) is 2.22. The van der Waals surface area contributed by atoms with Gasteiger partial charge in [0.2, 0.25) is 0 Å². The Morgan fingerprint density at radius 3 is 2.65 bits per heavy atom. The summed E-state index contributed by atoms with van der Waals surface area (Å²) in [7, 11) is 1.10. The smallest absolute Gasteiger partial charge is 0.340 e. The molecule has 2 rings (SSSR count). The molecule has 0 aromatic heterocycles. The Morgan fingerprint density at radius 1 is 1.47 bits per heavy atom. The van der Waals surface area contributed by atoms with Gasteiger partial charge in [0.25, 0.3) is 0 Å². The van der Waals surface area contributed by atoms with Crippen molar-refractivity contribution in [1.29, 1.82) is 0 Å². The van der Waals surface area contributed by atoms with Crippen LogP contribution in [0.25, 0.3) is 0 Å². The van der Waals surface area contributed by atoms with Crippen molar-refractivity contribution in [2.45, 2.75) is 24.9 Å². The molecule has 1 aliphatic rings. The Bertz CT molecular complexity index is 467. The van der Waals surface area contributed by atoms with E-state index in [9.17, 15) is 18.7 Å². The van der Waals surface area contributed by atoms with Gasteiger partial charge in [-0.3, -0.25) is 0 Å². The predicted molar refractivity (Wildman–Crippen MR) is 55.6 cm³/mol. The van der Waals surface area contributed by atoms with E-state index in [4.69, 9.17) is 0 Å². The molecule has 92 valence electrons. The number of rotatable bonds is 3. The van der Waals surface area contributed by atoms with Crippen molar-refractivity contribution in [2.75, 3.05) is 7.11 Å². The van der Waals surface area contributed by atoms with Crippen LogP contribution >= 0.6 is 0 Å². The second-order valence-electron chi connectivity index (χ2n) is 4.33. The second-order valence-corrected chi connectivity index (χ2v) is 4.33. The fourth-order valence-electron chi connectivity index (χ4n) is 1.71. The average Bonchev–Trinajstić information content (AvgIpc) is 3.00. The lowest BCUT2D eigenvalue weighted by atomic mass is 10.0. The Hall–Kier alpha value is -1.49. The van der Waals surface area contributed by atoms with Crippen molar-refractivity contribution in [3.8, 4) is 0 Å². The van der Waals surface area contributed by atoms with Gasteiger partial charge in [-0.1, -0.05) is 0 Å². The van der Waals surface area contributed by atoms with E-state index in [0.29, 0.717) is 18.4 Å². The molecule has 1 aromatic carbocycles. The highest BCUT2D eigenvalue weighted by Gasteiger charge is 2.40. The largest absolute Gasteiger partial charge is 0.465 e. The van der Waals surface area contributed by atoms with Crippen LogP contribution < -0.4 is 0 Å². The number of carbonyl (C=O) groups is 1. The molecule has 0 spiro atoms. The van der Waals surface area contributed by atoms with Gasteiger partial charge in [0.15, 0.2) is 11.6 Å². The number of ether oxygens (including phenoxy) is 1. The molecule has 0 amide bonds. The lowest BCUT2D eigenvalue weighted by Crippen LogP contribution is -2.13. The lowest BCUT2D eigenvalue weighted by molar-refractivity contribution is 0.0593. The summed E-state index contributed by atoms with van der Waals surface area (Å²) in [6.07, 6.45) is 1.49. The summed E-state index contributed by atoms with van der Waals surface area (Å²) in [5, 5.41) is 9.70. The number of hydrogen-bond acceptors (Lipinski definition) is 3. The summed E-state index contributed by atoms with van der Waals surface area (Å²) in [5.41, 5.74) is -0.867. The maximum absolute atomic E-state index is 13.3. The zero-order chi connectivity index (χ0) is 12.6. The molecule has 0 aliphatic heterocycles. The zero-order valence-electron chi connectivity index (χ0n) is 9.30. The SMILES string of the molecule is COC(=O)c1cc(CC2(O)CC2)cc(F)c1F. The Balaban J connectivity index is 2.35. The minimum atomic E-state index is -1.22. The van der Waals surface area contributed by atoms with Crippen LogP contribution in [0.15, 0.2) is 12.1 Å². The molecule has 5 heteroatoms. The highest BCUT2D eigenvalue weighted by Crippen LogP contribution is 2.38. The van der Waals surface area contributed by atoms with Crippen LogP contribution in [0.3, 0.4) is 0 Å². The standard InChI is InChI=1S/C12H12F2O3/c1-17-11(15)8-4-7(5-9(13)10(8)14)6-12(16)2-3-12/h4-5,16H,2-3,6H2,1H3. The molecule has 0 bridgehead atoms. The van der Waals surface area contributed by atoms with E-state index in [0.717, 1.165) is 13.2 Å². The highest BCUT2D eigenvalue weighted by molar-refractivity contribution is 5.89. The Kier molecular flexibility index (Phi) is 2.87. The van der Waals surface area contributed by atoms with E-state index in [1.807, 2.05) is 0 Å². The normalized spacial score (nSPS) is 16.7. The molecule has 1 saturated carbocycles. The molecule has 1 aliphatic carbocycles. The van der Waals surface area contributed by atoms with Crippen LogP contribution in [0.1, 0.15) is 28.8 Å².